The van der Waals surface area contributed by atoms with Crippen molar-refractivity contribution in [3.63, 3.8) is 0 Å². The predicted molar refractivity (Wildman–Crippen MR) is 115 cm³/mol. The van der Waals surface area contributed by atoms with Crippen molar-refractivity contribution in [1.29, 1.82) is 0 Å². The van der Waals surface area contributed by atoms with Gasteiger partial charge in [0.05, 0.1) is 22.9 Å². The van der Waals surface area contributed by atoms with E-state index in [1.165, 1.54) is 6.92 Å². The third-order valence-corrected chi connectivity index (χ3v) is 5.44. The van der Waals surface area contributed by atoms with Gasteiger partial charge in [-0.3, -0.25) is 24.3 Å². The van der Waals surface area contributed by atoms with Crippen molar-refractivity contribution in [3.8, 4) is 0 Å². The molecule has 0 radical (unpaired) electrons. The molecule has 0 spiro atoms. The number of primary amides is 1. The Balaban J connectivity index is 1.68. The Morgan fingerprint density at radius 2 is 2.03 bits per heavy atom. The quantitative estimate of drug-likeness (QED) is 0.650. The summed E-state index contributed by atoms with van der Waals surface area (Å²) < 4.78 is 0. The van der Waals surface area contributed by atoms with Crippen LogP contribution >= 0.6 is 11.6 Å². The number of benzene rings is 1. The normalized spacial score (nSPS) is 19.1. The number of anilines is 2. The van der Waals surface area contributed by atoms with Crippen molar-refractivity contribution >= 4 is 40.7 Å². The van der Waals surface area contributed by atoms with E-state index in [2.05, 4.69) is 15.6 Å². The standard InChI is InChI=1S/C21H24ClN5O3/c1-14(28)25-15-6-7-17(16(22)11-15)26-19(29)12-27-10-4-8-21(13-27,20(23)30)18-5-2-3-9-24-18/h2-3,5-7,9,11H,4,8,10,12-13H2,1H3,(H2,23,30)(H,25,28)(H,26,29)/t21-/m0/s1. The van der Waals surface area contributed by atoms with Crippen LogP contribution in [0.25, 0.3) is 0 Å². The van der Waals surface area contributed by atoms with Crippen LogP contribution in [0.4, 0.5) is 11.4 Å². The van der Waals surface area contributed by atoms with E-state index < -0.39 is 11.3 Å². The van der Waals surface area contributed by atoms with E-state index in [9.17, 15) is 14.4 Å². The lowest BCUT2D eigenvalue weighted by molar-refractivity contribution is -0.127. The van der Waals surface area contributed by atoms with Crippen LogP contribution in [-0.4, -0.2) is 47.2 Å². The molecule has 0 saturated carbocycles. The number of hydrogen-bond acceptors (Lipinski definition) is 5. The Morgan fingerprint density at radius 1 is 1.23 bits per heavy atom. The number of carbonyl (C=O) groups is 3. The average molecular weight is 430 g/mol. The van der Waals surface area contributed by atoms with Crippen LogP contribution in [0.1, 0.15) is 25.5 Å². The molecule has 1 aromatic heterocycles. The maximum atomic E-state index is 12.6. The molecular formula is C21H24ClN5O3. The third kappa shape index (κ3) is 4.95. The van der Waals surface area contributed by atoms with Crippen molar-refractivity contribution in [2.24, 2.45) is 5.73 Å². The number of halogens is 1. The second-order valence-electron chi connectivity index (χ2n) is 7.40. The number of carbonyl (C=O) groups excluding carboxylic acids is 3. The van der Waals surface area contributed by atoms with E-state index in [1.807, 2.05) is 11.0 Å². The van der Waals surface area contributed by atoms with Gasteiger partial charge in [-0.05, 0) is 49.7 Å². The molecule has 1 fully saturated rings. The Hall–Kier alpha value is -2.97. The summed E-state index contributed by atoms with van der Waals surface area (Å²) in [6.45, 7) is 2.48. The van der Waals surface area contributed by atoms with Crippen LogP contribution in [0.3, 0.4) is 0 Å². The van der Waals surface area contributed by atoms with E-state index in [1.54, 1.807) is 36.5 Å². The van der Waals surface area contributed by atoms with Gasteiger partial charge in [-0.1, -0.05) is 17.7 Å². The smallest absolute Gasteiger partial charge is 0.238 e. The summed E-state index contributed by atoms with van der Waals surface area (Å²) in [5, 5.41) is 5.72. The van der Waals surface area contributed by atoms with Gasteiger partial charge in [-0.2, -0.15) is 0 Å². The van der Waals surface area contributed by atoms with Crippen molar-refractivity contribution in [2.45, 2.75) is 25.2 Å². The molecule has 1 saturated heterocycles. The minimum absolute atomic E-state index is 0.0889. The average Bonchev–Trinajstić information content (AvgIpc) is 2.70. The lowest BCUT2D eigenvalue weighted by Crippen LogP contribution is -2.55. The third-order valence-electron chi connectivity index (χ3n) is 5.13. The molecule has 4 N–H and O–H groups in total. The maximum absolute atomic E-state index is 12.6. The van der Waals surface area contributed by atoms with Gasteiger partial charge in [-0.15, -0.1) is 0 Å². The number of rotatable bonds is 6. The summed E-state index contributed by atoms with van der Waals surface area (Å²) in [7, 11) is 0. The first kappa shape index (κ1) is 21.7. The Bertz CT molecular complexity index is 953. The molecule has 3 rings (SSSR count). The molecule has 1 aromatic carbocycles. The predicted octanol–water partition coefficient (Wildman–Crippen LogP) is 2.15. The number of amides is 3. The molecule has 8 nitrogen and oxygen atoms in total. The maximum Gasteiger partial charge on any atom is 0.238 e. The highest BCUT2D eigenvalue weighted by Gasteiger charge is 2.43. The highest BCUT2D eigenvalue weighted by Crippen LogP contribution is 2.33. The molecule has 2 heterocycles. The molecule has 3 amide bonds. The Morgan fingerprint density at radius 3 is 2.67 bits per heavy atom. The number of pyridine rings is 1. The van der Waals surface area contributed by atoms with E-state index in [0.29, 0.717) is 41.6 Å². The van der Waals surface area contributed by atoms with Crippen molar-refractivity contribution in [2.75, 3.05) is 30.3 Å². The number of nitrogens with zero attached hydrogens (tertiary/aromatic N) is 2. The minimum atomic E-state index is -0.919. The number of nitrogens with two attached hydrogens (primary N) is 1. The first-order valence-electron chi connectivity index (χ1n) is 9.61. The van der Waals surface area contributed by atoms with E-state index >= 15 is 0 Å². The molecule has 1 aliphatic rings. The minimum Gasteiger partial charge on any atom is -0.369 e. The van der Waals surface area contributed by atoms with Crippen LogP contribution in [0, 0.1) is 0 Å². The monoisotopic (exact) mass is 429 g/mol. The zero-order valence-corrected chi connectivity index (χ0v) is 17.4. The molecule has 0 unspecified atom stereocenters. The van der Waals surface area contributed by atoms with Gasteiger partial charge in [0, 0.05) is 25.4 Å². The zero-order valence-electron chi connectivity index (χ0n) is 16.7. The van der Waals surface area contributed by atoms with Gasteiger partial charge in [-0.25, -0.2) is 0 Å². The summed E-state index contributed by atoms with van der Waals surface area (Å²) in [6.07, 6.45) is 2.95. The molecule has 1 aliphatic heterocycles. The first-order chi connectivity index (χ1) is 14.3. The summed E-state index contributed by atoms with van der Waals surface area (Å²) in [5.41, 5.74) is 6.46. The molecule has 0 aliphatic carbocycles. The molecule has 30 heavy (non-hydrogen) atoms. The zero-order chi connectivity index (χ0) is 21.7. The van der Waals surface area contributed by atoms with Gasteiger partial charge >= 0.3 is 0 Å². The summed E-state index contributed by atoms with van der Waals surface area (Å²) in [4.78, 5) is 42.3. The van der Waals surface area contributed by atoms with E-state index in [4.69, 9.17) is 17.3 Å². The van der Waals surface area contributed by atoms with Crippen molar-refractivity contribution < 1.29 is 14.4 Å². The highest BCUT2D eigenvalue weighted by molar-refractivity contribution is 6.34. The SMILES string of the molecule is CC(=O)Nc1ccc(NC(=O)CN2CCC[C@@](C(N)=O)(c3ccccn3)C2)c(Cl)c1. The van der Waals surface area contributed by atoms with Crippen LogP contribution in [0.2, 0.25) is 5.02 Å². The highest BCUT2D eigenvalue weighted by atomic mass is 35.5. The number of aromatic nitrogens is 1. The number of nitrogens with one attached hydrogen (secondary N) is 2. The van der Waals surface area contributed by atoms with E-state index in [0.717, 1.165) is 6.42 Å². The summed E-state index contributed by atoms with van der Waals surface area (Å²) >= 11 is 6.22. The largest absolute Gasteiger partial charge is 0.369 e. The Kier molecular flexibility index (Phi) is 6.69. The molecule has 0 bridgehead atoms. The summed E-state index contributed by atoms with van der Waals surface area (Å²) in [5.74, 6) is -0.910. The van der Waals surface area contributed by atoms with Crippen molar-refractivity contribution in [1.82, 2.24) is 9.88 Å². The van der Waals surface area contributed by atoms with Gasteiger partial charge in [0.2, 0.25) is 17.7 Å². The molecule has 9 heteroatoms. The lowest BCUT2D eigenvalue weighted by atomic mass is 9.76. The van der Waals surface area contributed by atoms with Crippen LogP contribution in [-0.2, 0) is 19.8 Å². The topological polar surface area (TPSA) is 117 Å². The molecule has 158 valence electrons. The molecule has 2 aromatic rings. The second-order valence-corrected chi connectivity index (χ2v) is 7.81. The number of likely N-dealkylation sites (tertiary alicyclic amines) is 1. The van der Waals surface area contributed by atoms with Gasteiger partial charge in [0.15, 0.2) is 0 Å². The van der Waals surface area contributed by atoms with Gasteiger partial charge < -0.3 is 16.4 Å². The lowest BCUT2D eigenvalue weighted by Gasteiger charge is -2.40. The number of piperidine rings is 1. The van der Waals surface area contributed by atoms with Crippen LogP contribution < -0.4 is 16.4 Å². The fourth-order valence-electron chi connectivity index (χ4n) is 3.75. The first-order valence-corrected chi connectivity index (χ1v) is 9.99. The second kappa shape index (κ2) is 9.23. The Labute approximate surface area is 179 Å². The van der Waals surface area contributed by atoms with E-state index in [-0.39, 0.29) is 18.4 Å². The van der Waals surface area contributed by atoms with Crippen LogP contribution in [0.5, 0.6) is 0 Å². The molecule has 1 atom stereocenters. The fraction of sp³-hybridized carbons (Fsp3) is 0.333. The molecular weight excluding hydrogens is 406 g/mol. The van der Waals surface area contributed by atoms with Crippen molar-refractivity contribution in [3.05, 3.63) is 53.3 Å². The fourth-order valence-corrected chi connectivity index (χ4v) is 3.98. The van der Waals surface area contributed by atoms with Crippen LogP contribution in [0.15, 0.2) is 42.6 Å². The summed E-state index contributed by atoms with van der Waals surface area (Å²) in [6, 6.07) is 10.3. The number of hydrogen-bond donors (Lipinski definition) is 3. The van der Waals surface area contributed by atoms with Gasteiger partial charge in [0.25, 0.3) is 0 Å². The van der Waals surface area contributed by atoms with Gasteiger partial charge in [0.1, 0.15) is 5.41 Å².